The number of fused-ring (bicyclic) bond motifs is 1. The van der Waals surface area contributed by atoms with E-state index in [0.717, 1.165) is 31.3 Å². The molecule has 0 N–H and O–H groups in total. The van der Waals surface area contributed by atoms with E-state index < -0.39 is 0 Å². The zero-order chi connectivity index (χ0) is 17.3. The Bertz CT molecular complexity index is 753. The summed E-state index contributed by atoms with van der Waals surface area (Å²) in [5, 5.41) is 0. The Morgan fingerprint density at radius 3 is 2.56 bits per heavy atom. The van der Waals surface area contributed by atoms with Crippen molar-refractivity contribution in [3.05, 3.63) is 65.3 Å². The van der Waals surface area contributed by atoms with Crippen LogP contribution < -0.4 is 0 Å². The van der Waals surface area contributed by atoms with Gasteiger partial charge < -0.3 is 0 Å². The first kappa shape index (κ1) is 17.2. The minimum atomic E-state index is -0.264. The van der Waals surface area contributed by atoms with E-state index in [9.17, 15) is 4.79 Å². The average Bonchev–Trinajstić information content (AvgIpc) is 3.08. The van der Waals surface area contributed by atoms with E-state index in [0.29, 0.717) is 5.78 Å². The number of hydrogen-bond donors (Lipinski definition) is 0. The zero-order valence-corrected chi connectivity index (χ0v) is 16.3. The van der Waals surface area contributed by atoms with Crippen LogP contribution in [0.2, 0.25) is 0 Å². The number of carbonyl (C=O) groups excluding carboxylic acids is 1. The number of carbonyl (C=O) groups is 1. The van der Waals surface area contributed by atoms with Crippen LogP contribution in [0.1, 0.15) is 38.2 Å². The third-order valence-electron chi connectivity index (χ3n) is 5.69. The zero-order valence-electron chi connectivity index (χ0n) is 14.7. The smallest absolute Gasteiger partial charge is 0.168 e. The molecule has 1 aliphatic heterocycles. The van der Waals surface area contributed by atoms with Gasteiger partial charge in [-0.05, 0) is 43.7 Å². The van der Waals surface area contributed by atoms with Crippen LogP contribution in [0.25, 0.3) is 6.08 Å². The lowest BCUT2D eigenvalue weighted by molar-refractivity contribution is -0.123. The van der Waals surface area contributed by atoms with Crippen LogP contribution in [0.5, 0.6) is 0 Å². The van der Waals surface area contributed by atoms with Crippen molar-refractivity contribution in [2.75, 3.05) is 11.5 Å². The normalized spacial score (nSPS) is 30.0. The maximum atomic E-state index is 13.2. The Morgan fingerprint density at radius 2 is 1.80 bits per heavy atom. The van der Waals surface area contributed by atoms with Crippen LogP contribution in [0.15, 0.2) is 59.7 Å². The lowest BCUT2D eigenvalue weighted by atomic mass is 9.63. The second-order valence-electron chi connectivity index (χ2n) is 7.30. The minimum Gasteiger partial charge on any atom is -0.294 e. The lowest BCUT2D eigenvalue weighted by Crippen LogP contribution is -2.40. The molecule has 1 atom stereocenters. The van der Waals surface area contributed by atoms with Gasteiger partial charge in [-0.3, -0.25) is 4.79 Å². The summed E-state index contributed by atoms with van der Waals surface area (Å²) in [6.07, 6.45) is 12.7. The van der Waals surface area contributed by atoms with Crippen LogP contribution in [-0.2, 0) is 4.79 Å². The highest BCUT2D eigenvalue weighted by molar-refractivity contribution is 8.21. The summed E-state index contributed by atoms with van der Waals surface area (Å²) in [4.78, 5) is 13.2. The van der Waals surface area contributed by atoms with Gasteiger partial charge in [0, 0.05) is 11.5 Å². The van der Waals surface area contributed by atoms with E-state index in [4.69, 9.17) is 0 Å². The molecule has 25 heavy (non-hydrogen) atoms. The van der Waals surface area contributed by atoms with Crippen molar-refractivity contribution in [3.63, 3.8) is 0 Å². The van der Waals surface area contributed by atoms with Crippen molar-refractivity contribution in [3.8, 4) is 0 Å². The van der Waals surface area contributed by atoms with Crippen molar-refractivity contribution in [1.82, 2.24) is 0 Å². The van der Waals surface area contributed by atoms with Gasteiger partial charge in [0.15, 0.2) is 5.78 Å². The highest BCUT2D eigenvalue weighted by atomic mass is 32.2. The number of hydrogen-bond acceptors (Lipinski definition) is 3. The Balaban J connectivity index is 1.55. The quantitative estimate of drug-likeness (QED) is 0.478. The predicted molar refractivity (Wildman–Crippen MR) is 111 cm³/mol. The molecule has 1 saturated heterocycles. The molecule has 0 aromatic heterocycles. The molecule has 1 aromatic carbocycles. The van der Waals surface area contributed by atoms with Gasteiger partial charge >= 0.3 is 0 Å². The first-order valence-electron chi connectivity index (χ1n) is 9.09. The van der Waals surface area contributed by atoms with Gasteiger partial charge in [-0.25, -0.2) is 0 Å². The molecule has 4 rings (SSSR count). The van der Waals surface area contributed by atoms with Gasteiger partial charge in [-0.1, -0.05) is 60.2 Å². The first-order valence-corrected chi connectivity index (χ1v) is 11.1. The molecule has 0 bridgehead atoms. The van der Waals surface area contributed by atoms with E-state index in [1.807, 2.05) is 30.4 Å². The van der Waals surface area contributed by atoms with Gasteiger partial charge in [-0.15, -0.1) is 23.5 Å². The van der Waals surface area contributed by atoms with Crippen molar-refractivity contribution in [2.24, 2.45) is 5.41 Å². The maximum absolute atomic E-state index is 13.2. The number of benzene rings is 1. The van der Waals surface area contributed by atoms with E-state index >= 15 is 0 Å². The van der Waals surface area contributed by atoms with Crippen molar-refractivity contribution in [2.45, 2.75) is 36.7 Å². The molecule has 2 fully saturated rings. The predicted octanol–water partition coefficient (Wildman–Crippen LogP) is 5.89. The van der Waals surface area contributed by atoms with E-state index in [1.165, 1.54) is 22.6 Å². The summed E-state index contributed by atoms with van der Waals surface area (Å²) < 4.78 is 0.267. The van der Waals surface area contributed by atoms with E-state index in [1.54, 1.807) is 0 Å². The summed E-state index contributed by atoms with van der Waals surface area (Å²) in [5.41, 5.74) is 3.30. The molecule has 0 amide bonds. The Morgan fingerprint density at radius 1 is 1.04 bits per heavy atom. The summed E-state index contributed by atoms with van der Waals surface area (Å²) in [6, 6.07) is 10.3. The second-order valence-corrected chi connectivity index (χ2v) is 10.4. The molecule has 2 aliphatic carbocycles. The van der Waals surface area contributed by atoms with Crippen molar-refractivity contribution in [1.29, 1.82) is 0 Å². The SMILES string of the molecule is CC12CCC3(C=C1CC/C(=C\C=C\c1ccccc1)C2=O)SCCS3. The molecule has 1 heterocycles. The number of Topliss-reactive ketones (excluding diaryl/α,β-unsaturated/α-hetero) is 1. The molecule has 1 spiro atoms. The number of ketones is 1. The monoisotopic (exact) mass is 368 g/mol. The Kier molecular flexibility index (Phi) is 4.72. The van der Waals surface area contributed by atoms with Crippen molar-refractivity contribution >= 4 is 35.4 Å². The lowest BCUT2D eigenvalue weighted by Gasteiger charge is -2.43. The van der Waals surface area contributed by atoms with E-state index in [2.05, 4.69) is 54.7 Å². The third-order valence-corrected chi connectivity index (χ3v) is 9.10. The fraction of sp³-hybridized carbons (Fsp3) is 0.409. The largest absolute Gasteiger partial charge is 0.294 e. The Labute approximate surface area is 159 Å². The molecular weight excluding hydrogens is 344 g/mol. The van der Waals surface area contributed by atoms with Crippen LogP contribution in [0.3, 0.4) is 0 Å². The molecule has 1 unspecified atom stereocenters. The van der Waals surface area contributed by atoms with Crippen molar-refractivity contribution < 1.29 is 4.79 Å². The topological polar surface area (TPSA) is 17.1 Å². The molecule has 1 nitrogen and oxygen atoms in total. The molecule has 130 valence electrons. The highest BCUT2D eigenvalue weighted by Crippen LogP contribution is 2.57. The summed E-state index contributed by atoms with van der Waals surface area (Å²) in [5.74, 6) is 2.84. The van der Waals surface area contributed by atoms with Gasteiger partial charge in [-0.2, -0.15) is 0 Å². The number of rotatable bonds is 2. The summed E-state index contributed by atoms with van der Waals surface area (Å²) >= 11 is 4.17. The summed E-state index contributed by atoms with van der Waals surface area (Å²) in [6.45, 7) is 2.17. The van der Waals surface area contributed by atoms with Gasteiger partial charge in [0.05, 0.1) is 9.49 Å². The minimum absolute atomic E-state index is 0.264. The highest BCUT2D eigenvalue weighted by Gasteiger charge is 2.48. The molecular formula is C22H24OS2. The number of thioether (sulfide) groups is 2. The van der Waals surface area contributed by atoms with Gasteiger partial charge in [0.1, 0.15) is 0 Å². The standard InChI is InChI=1S/C22H24OS2/c1-21-12-13-22(24-14-15-25-22)16-19(21)11-10-18(20(21)23)9-5-8-17-6-3-2-4-7-17/h2-9,16H,10-15H2,1H3/b8-5+,18-9+. The van der Waals surface area contributed by atoms with Crippen LogP contribution in [-0.4, -0.2) is 21.4 Å². The fourth-order valence-corrected chi connectivity index (χ4v) is 7.26. The average molecular weight is 369 g/mol. The fourth-order valence-electron chi connectivity index (χ4n) is 4.12. The second kappa shape index (κ2) is 6.85. The van der Waals surface area contributed by atoms with Gasteiger partial charge in [0.25, 0.3) is 0 Å². The van der Waals surface area contributed by atoms with Gasteiger partial charge in [0.2, 0.25) is 0 Å². The Hall–Kier alpha value is -1.19. The molecule has 3 heteroatoms. The van der Waals surface area contributed by atoms with Crippen LogP contribution in [0, 0.1) is 5.41 Å². The first-order chi connectivity index (χ1) is 12.1. The van der Waals surface area contributed by atoms with Crippen LogP contribution in [0.4, 0.5) is 0 Å². The molecule has 1 saturated carbocycles. The molecule has 3 aliphatic rings. The van der Waals surface area contributed by atoms with E-state index in [-0.39, 0.29) is 9.49 Å². The maximum Gasteiger partial charge on any atom is 0.168 e. The molecule has 1 aromatic rings. The third kappa shape index (κ3) is 3.29. The molecule has 0 radical (unpaired) electrons. The van der Waals surface area contributed by atoms with Crippen LogP contribution >= 0.6 is 23.5 Å². The summed E-state index contributed by atoms with van der Waals surface area (Å²) in [7, 11) is 0. The number of allylic oxidation sites excluding steroid dienone is 4.